The highest BCUT2D eigenvalue weighted by molar-refractivity contribution is 5.58. The number of benzene rings is 1. The first kappa shape index (κ1) is 11.1. The maximum atomic E-state index is 13.3. The van der Waals surface area contributed by atoms with Crippen LogP contribution in [0.1, 0.15) is 17.5 Å². The third-order valence-electron chi connectivity index (χ3n) is 1.89. The number of rotatable bonds is 4. The van der Waals surface area contributed by atoms with Crippen molar-refractivity contribution in [1.82, 2.24) is 0 Å². The van der Waals surface area contributed by atoms with Crippen molar-refractivity contribution >= 4 is 12.4 Å². The number of carbonyl (C=O) groups excluding carboxylic acids is 1. The maximum Gasteiger partial charge on any atom is 0.128 e. The van der Waals surface area contributed by atoms with Gasteiger partial charge < -0.3 is 4.79 Å². The highest BCUT2D eigenvalue weighted by Gasteiger charge is 2.00. The van der Waals surface area contributed by atoms with Crippen LogP contribution in [0.2, 0.25) is 0 Å². The van der Waals surface area contributed by atoms with Gasteiger partial charge in [0.05, 0.1) is 12.5 Å². The first-order valence-corrected chi connectivity index (χ1v) is 4.53. The largest absolute Gasteiger partial charge is 0.303 e. The van der Waals surface area contributed by atoms with E-state index in [-0.39, 0.29) is 12.2 Å². The van der Waals surface area contributed by atoms with Crippen molar-refractivity contribution in [3.8, 4) is 6.07 Å². The molecule has 1 aromatic rings. The van der Waals surface area contributed by atoms with Gasteiger partial charge in [-0.3, -0.25) is 0 Å². The van der Waals surface area contributed by atoms with Gasteiger partial charge >= 0.3 is 0 Å². The van der Waals surface area contributed by atoms with E-state index in [1.807, 2.05) is 6.07 Å². The molecule has 1 aromatic carbocycles. The molecular formula is C12H10FNO. The Morgan fingerprint density at radius 3 is 2.87 bits per heavy atom. The lowest BCUT2D eigenvalue weighted by atomic mass is 10.1. The van der Waals surface area contributed by atoms with E-state index in [1.54, 1.807) is 24.3 Å². The zero-order valence-electron chi connectivity index (χ0n) is 8.11. The lowest BCUT2D eigenvalue weighted by molar-refractivity contribution is -0.107. The minimum Gasteiger partial charge on any atom is -0.303 e. The first-order chi connectivity index (χ1) is 7.27. The lowest BCUT2D eigenvalue weighted by Crippen LogP contribution is -1.88. The monoisotopic (exact) mass is 203 g/mol. The third kappa shape index (κ3) is 3.35. The zero-order chi connectivity index (χ0) is 11.1. The number of hydrogen-bond acceptors (Lipinski definition) is 2. The van der Waals surface area contributed by atoms with Crippen LogP contribution in [0, 0.1) is 17.1 Å². The summed E-state index contributed by atoms with van der Waals surface area (Å²) in [5.41, 5.74) is 1.08. The topological polar surface area (TPSA) is 40.9 Å². The molecule has 15 heavy (non-hydrogen) atoms. The van der Waals surface area contributed by atoms with Crippen LogP contribution in [0.15, 0.2) is 24.3 Å². The molecular weight excluding hydrogens is 193 g/mol. The summed E-state index contributed by atoms with van der Waals surface area (Å²) in [6.45, 7) is 0. The Morgan fingerprint density at radius 2 is 2.27 bits per heavy atom. The van der Waals surface area contributed by atoms with E-state index in [2.05, 4.69) is 0 Å². The predicted molar refractivity (Wildman–Crippen MR) is 55.4 cm³/mol. The van der Waals surface area contributed by atoms with Crippen LogP contribution < -0.4 is 0 Å². The standard InChI is InChI=1S/C12H10FNO/c13-12-9-10(3-1-2-8-15)4-5-11(12)6-7-14/h1,3-5,8-9H,2,6H2. The van der Waals surface area contributed by atoms with Gasteiger partial charge in [0.2, 0.25) is 0 Å². The van der Waals surface area contributed by atoms with Gasteiger partial charge in [0.15, 0.2) is 0 Å². The molecule has 0 bridgehead atoms. The molecule has 0 spiro atoms. The Bertz CT molecular complexity index is 418. The van der Waals surface area contributed by atoms with Crippen LogP contribution in [-0.2, 0) is 11.2 Å². The van der Waals surface area contributed by atoms with Crippen molar-refractivity contribution in [2.75, 3.05) is 0 Å². The molecule has 0 saturated carbocycles. The highest BCUT2D eigenvalue weighted by Crippen LogP contribution is 2.12. The van der Waals surface area contributed by atoms with Gasteiger partial charge in [-0.25, -0.2) is 4.39 Å². The Labute approximate surface area is 87.7 Å². The SMILES string of the molecule is N#CCc1ccc(C=CCC=O)cc1F. The number of halogens is 1. The van der Waals surface area contributed by atoms with Crippen molar-refractivity contribution in [2.45, 2.75) is 12.8 Å². The molecule has 0 N–H and O–H groups in total. The molecule has 3 heteroatoms. The zero-order valence-corrected chi connectivity index (χ0v) is 8.11. The molecule has 0 amide bonds. The molecule has 0 radical (unpaired) electrons. The minimum atomic E-state index is -0.384. The number of nitrogens with zero attached hydrogens (tertiary/aromatic N) is 1. The Morgan fingerprint density at radius 1 is 1.47 bits per heavy atom. The van der Waals surface area contributed by atoms with Crippen molar-refractivity contribution in [3.63, 3.8) is 0 Å². The number of nitriles is 1. The second kappa shape index (κ2) is 5.71. The Balaban J connectivity index is 2.82. The van der Waals surface area contributed by atoms with E-state index in [1.165, 1.54) is 6.07 Å². The van der Waals surface area contributed by atoms with E-state index >= 15 is 0 Å². The van der Waals surface area contributed by atoms with Gasteiger partial charge in [-0.1, -0.05) is 24.3 Å². The molecule has 0 heterocycles. The number of hydrogen-bond donors (Lipinski definition) is 0. The average molecular weight is 203 g/mol. The second-order valence-corrected chi connectivity index (χ2v) is 2.99. The quantitative estimate of drug-likeness (QED) is 0.705. The van der Waals surface area contributed by atoms with Gasteiger partial charge in [-0.05, 0) is 11.6 Å². The van der Waals surface area contributed by atoms with Gasteiger partial charge in [0, 0.05) is 12.0 Å². The molecule has 0 aromatic heterocycles. The molecule has 76 valence electrons. The summed E-state index contributed by atoms with van der Waals surface area (Å²) in [6, 6.07) is 6.55. The van der Waals surface area contributed by atoms with Crippen molar-refractivity contribution in [2.24, 2.45) is 0 Å². The second-order valence-electron chi connectivity index (χ2n) is 2.99. The number of carbonyl (C=O) groups is 1. The summed E-state index contributed by atoms with van der Waals surface area (Å²) >= 11 is 0. The molecule has 0 fully saturated rings. The molecule has 0 aliphatic heterocycles. The van der Waals surface area contributed by atoms with E-state index in [4.69, 9.17) is 5.26 Å². The van der Waals surface area contributed by atoms with Crippen LogP contribution in [0.5, 0.6) is 0 Å². The average Bonchev–Trinajstić information content (AvgIpc) is 2.23. The molecule has 0 aliphatic carbocycles. The summed E-state index contributed by atoms with van der Waals surface area (Å²) in [4.78, 5) is 10.0. The van der Waals surface area contributed by atoms with Gasteiger partial charge in [0.1, 0.15) is 12.1 Å². The van der Waals surface area contributed by atoms with Crippen LogP contribution in [0.3, 0.4) is 0 Å². The van der Waals surface area contributed by atoms with E-state index in [9.17, 15) is 9.18 Å². The Hall–Kier alpha value is -1.95. The number of allylic oxidation sites excluding steroid dienone is 1. The van der Waals surface area contributed by atoms with Crippen LogP contribution in [0.25, 0.3) is 6.08 Å². The Kier molecular flexibility index (Phi) is 4.24. The van der Waals surface area contributed by atoms with Crippen LogP contribution >= 0.6 is 0 Å². The van der Waals surface area contributed by atoms with E-state index in [0.29, 0.717) is 17.5 Å². The molecule has 0 saturated heterocycles. The maximum absolute atomic E-state index is 13.3. The van der Waals surface area contributed by atoms with E-state index < -0.39 is 0 Å². The van der Waals surface area contributed by atoms with Gasteiger partial charge in [0.25, 0.3) is 0 Å². The molecule has 2 nitrogen and oxygen atoms in total. The normalized spacial score (nSPS) is 10.1. The minimum absolute atomic E-state index is 0.0736. The van der Waals surface area contributed by atoms with Crippen molar-refractivity contribution in [1.29, 1.82) is 5.26 Å². The van der Waals surface area contributed by atoms with Crippen LogP contribution in [0.4, 0.5) is 4.39 Å². The summed E-state index contributed by atoms with van der Waals surface area (Å²) in [5, 5.41) is 8.42. The van der Waals surface area contributed by atoms with Crippen LogP contribution in [-0.4, -0.2) is 6.29 Å². The lowest BCUT2D eigenvalue weighted by Gasteiger charge is -1.99. The first-order valence-electron chi connectivity index (χ1n) is 4.53. The summed E-state index contributed by atoms with van der Waals surface area (Å²) < 4.78 is 13.3. The van der Waals surface area contributed by atoms with Crippen molar-refractivity contribution < 1.29 is 9.18 Å². The van der Waals surface area contributed by atoms with Gasteiger partial charge in [-0.15, -0.1) is 0 Å². The highest BCUT2D eigenvalue weighted by atomic mass is 19.1. The fourth-order valence-corrected chi connectivity index (χ4v) is 1.16. The fourth-order valence-electron chi connectivity index (χ4n) is 1.16. The molecule has 0 atom stereocenters. The van der Waals surface area contributed by atoms with E-state index in [0.717, 1.165) is 6.29 Å². The summed E-state index contributed by atoms with van der Waals surface area (Å²) in [6.07, 6.45) is 4.50. The number of aldehydes is 1. The smallest absolute Gasteiger partial charge is 0.128 e. The van der Waals surface area contributed by atoms with Crippen molar-refractivity contribution in [3.05, 3.63) is 41.2 Å². The summed E-state index contributed by atoms with van der Waals surface area (Å²) in [7, 11) is 0. The predicted octanol–water partition coefficient (Wildman–Crippen LogP) is 2.49. The van der Waals surface area contributed by atoms with Gasteiger partial charge in [-0.2, -0.15) is 5.26 Å². The fraction of sp³-hybridized carbons (Fsp3) is 0.167. The third-order valence-corrected chi connectivity index (χ3v) is 1.89. The molecule has 0 unspecified atom stereocenters. The molecule has 0 aliphatic rings. The summed E-state index contributed by atoms with van der Waals surface area (Å²) in [5.74, 6) is -0.384. The molecule has 1 rings (SSSR count).